The molecule has 1 aliphatic heterocycles. The molecule has 0 radical (unpaired) electrons. The Kier molecular flexibility index (Phi) is 4.75. The lowest BCUT2D eigenvalue weighted by Crippen LogP contribution is -2.10. The van der Waals surface area contributed by atoms with Crippen molar-refractivity contribution in [2.45, 2.75) is 15.7 Å². The SMILES string of the molecule is c1cc(-c2c3ccccc3[s+]c3ccccc23)cc(C2c3ccccc3Sc3ccccc32)c1. The zero-order valence-corrected chi connectivity index (χ0v) is 20.1. The minimum Gasteiger partial charge on any atom is -0.0895 e. The van der Waals surface area contributed by atoms with Gasteiger partial charge in [0.2, 0.25) is 20.7 Å². The number of rotatable bonds is 2. The van der Waals surface area contributed by atoms with Crippen molar-refractivity contribution < 1.29 is 0 Å². The van der Waals surface area contributed by atoms with Gasteiger partial charge >= 0.3 is 0 Å². The van der Waals surface area contributed by atoms with Gasteiger partial charge in [-0.15, -0.1) is 0 Å². The quantitative estimate of drug-likeness (QED) is 0.179. The Bertz CT molecular complexity index is 1600. The summed E-state index contributed by atoms with van der Waals surface area (Å²) < 4.78 is 2.65. The van der Waals surface area contributed by atoms with Crippen molar-refractivity contribution in [3.05, 3.63) is 138 Å². The van der Waals surface area contributed by atoms with Gasteiger partial charge in [0.25, 0.3) is 0 Å². The largest absolute Gasteiger partial charge is 0.239 e. The van der Waals surface area contributed by atoms with Crippen LogP contribution in [-0.4, -0.2) is 0 Å². The Morgan fingerprint density at radius 1 is 0.529 bits per heavy atom. The van der Waals surface area contributed by atoms with E-state index in [4.69, 9.17) is 0 Å². The summed E-state index contributed by atoms with van der Waals surface area (Å²) in [4.78, 5) is 2.71. The summed E-state index contributed by atoms with van der Waals surface area (Å²) in [5.74, 6) is 0.234. The van der Waals surface area contributed by atoms with Gasteiger partial charge in [0, 0.05) is 44.2 Å². The summed E-state index contributed by atoms with van der Waals surface area (Å²) in [6.45, 7) is 0. The molecular formula is C32H21S2+. The van der Waals surface area contributed by atoms with Gasteiger partial charge in [0.05, 0.1) is 0 Å². The molecule has 0 N–H and O–H groups in total. The maximum atomic E-state index is 2.42. The molecule has 0 saturated heterocycles. The maximum Gasteiger partial charge on any atom is 0.239 e. The molecule has 34 heavy (non-hydrogen) atoms. The summed E-state index contributed by atoms with van der Waals surface area (Å²) in [6.07, 6.45) is 0. The third-order valence-electron chi connectivity index (χ3n) is 6.72. The Morgan fingerprint density at radius 3 is 1.74 bits per heavy atom. The second-order valence-corrected chi connectivity index (χ2v) is 10.9. The van der Waals surface area contributed by atoms with E-state index in [0.29, 0.717) is 0 Å². The van der Waals surface area contributed by atoms with E-state index in [1.807, 2.05) is 23.1 Å². The van der Waals surface area contributed by atoms with Crippen molar-refractivity contribution in [2.75, 3.05) is 0 Å². The van der Waals surface area contributed by atoms with Crippen molar-refractivity contribution in [3.8, 4) is 11.1 Å². The molecule has 0 bridgehead atoms. The summed E-state index contributed by atoms with van der Waals surface area (Å²) in [7, 11) is 0. The summed E-state index contributed by atoms with van der Waals surface area (Å²) >= 11 is 3.76. The number of fused-ring (bicyclic) bond motifs is 4. The van der Waals surface area contributed by atoms with Crippen molar-refractivity contribution in [3.63, 3.8) is 0 Å². The molecule has 0 aliphatic carbocycles. The van der Waals surface area contributed by atoms with Crippen LogP contribution in [0.2, 0.25) is 0 Å². The summed E-state index contributed by atoms with van der Waals surface area (Å²) in [5, 5.41) is 2.65. The first kappa shape index (κ1) is 20.0. The van der Waals surface area contributed by atoms with Crippen molar-refractivity contribution in [1.29, 1.82) is 0 Å². The van der Waals surface area contributed by atoms with Crippen LogP contribution in [0.25, 0.3) is 31.3 Å². The highest BCUT2D eigenvalue weighted by Gasteiger charge is 2.28. The standard InChI is InChI=1S/C32H21S2/c1-5-16-27-23(12-1)31(24-13-2-6-17-28(24)33-27)21-10-9-11-22(20-21)32-25-14-3-7-18-29(25)34-30-19-8-4-15-26(30)32/h1-20,31H/q+1. The minimum atomic E-state index is 0.234. The lowest BCUT2D eigenvalue weighted by molar-refractivity contribution is 0.902. The van der Waals surface area contributed by atoms with E-state index in [1.54, 1.807) is 0 Å². The van der Waals surface area contributed by atoms with E-state index in [9.17, 15) is 0 Å². The first-order valence-corrected chi connectivity index (χ1v) is 13.2. The van der Waals surface area contributed by atoms with Gasteiger partial charge in [-0.1, -0.05) is 96.7 Å². The maximum absolute atomic E-state index is 2.42. The molecule has 0 saturated carbocycles. The Balaban J connectivity index is 1.49. The highest BCUT2D eigenvalue weighted by molar-refractivity contribution is 7.99. The highest BCUT2D eigenvalue weighted by atomic mass is 32.2. The normalized spacial score (nSPS) is 13.1. The number of hydrogen-bond acceptors (Lipinski definition) is 1. The zero-order valence-electron chi connectivity index (χ0n) is 18.4. The molecule has 0 unspecified atom stereocenters. The van der Waals surface area contributed by atoms with Gasteiger partial charge < -0.3 is 0 Å². The van der Waals surface area contributed by atoms with Crippen LogP contribution in [0, 0.1) is 0 Å². The first-order valence-electron chi connectivity index (χ1n) is 11.6. The number of hydrogen-bond donors (Lipinski definition) is 0. The van der Waals surface area contributed by atoms with Crippen LogP contribution < -0.4 is 0 Å². The Labute approximate surface area is 207 Å². The molecule has 0 atom stereocenters. The van der Waals surface area contributed by atoms with Crippen LogP contribution in [0.15, 0.2) is 131 Å². The van der Waals surface area contributed by atoms with Crippen LogP contribution in [0.4, 0.5) is 0 Å². The fraction of sp³-hybridized carbons (Fsp3) is 0.0312. The summed E-state index contributed by atoms with van der Waals surface area (Å²) in [5.41, 5.74) is 6.75. The minimum absolute atomic E-state index is 0.234. The molecular weight excluding hydrogens is 448 g/mol. The molecule has 0 amide bonds. The van der Waals surface area contributed by atoms with E-state index >= 15 is 0 Å². The zero-order chi connectivity index (χ0) is 22.5. The fourth-order valence-electron chi connectivity index (χ4n) is 5.24. The van der Waals surface area contributed by atoms with Crippen molar-refractivity contribution in [1.82, 2.24) is 0 Å². The molecule has 0 nitrogen and oxygen atoms in total. The smallest absolute Gasteiger partial charge is 0.0895 e. The molecule has 0 fully saturated rings. The van der Waals surface area contributed by atoms with Crippen molar-refractivity contribution in [2.24, 2.45) is 0 Å². The van der Waals surface area contributed by atoms with Gasteiger partial charge in [-0.2, -0.15) is 0 Å². The second-order valence-electron chi connectivity index (χ2n) is 8.71. The Hall–Kier alpha value is -3.46. The van der Waals surface area contributed by atoms with Gasteiger partial charge in [0.1, 0.15) is 0 Å². The molecule has 1 aromatic heterocycles. The van der Waals surface area contributed by atoms with Gasteiger partial charge in [-0.05, 0) is 46.5 Å². The number of benzene rings is 5. The third-order valence-corrected chi connectivity index (χ3v) is 9.06. The molecule has 1 aliphatic rings. The predicted molar refractivity (Wildman–Crippen MR) is 147 cm³/mol. The van der Waals surface area contributed by atoms with E-state index in [-0.39, 0.29) is 5.92 Å². The molecule has 5 aromatic carbocycles. The van der Waals surface area contributed by atoms with Crippen LogP contribution in [0.1, 0.15) is 22.6 Å². The fourth-order valence-corrected chi connectivity index (χ4v) is 7.47. The highest BCUT2D eigenvalue weighted by Crippen LogP contribution is 2.49. The van der Waals surface area contributed by atoms with E-state index in [0.717, 1.165) is 0 Å². The molecule has 160 valence electrons. The monoisotopic (exact) mass is 469 g/mol. The summed E-state index contributed by atoms with van der Waals surface area (Å²) in [6, 6.07) is 44.6. The van der Waals surface area contributed by atoms with Gasteiger partial charge in [-0.25, -0.2) is 0 Å². The van der Waals surface area contributed by atoms with Gasteiger partial charge in [0.15, 0.2) is 0 Å². The molecule has 2 heterocycles. The third kappa shape index (κ3) is 3.18. The topological polar surface area (TPSA) is 0 Å². The molecule has 2 heteroatoms. The lowest BCUT2D eigenvalue weighted by Gasteiger charge is -2.28. The molecule has 0 spiro atoms. The van der Waals surface area contributed by atoms with E-state index in [2.05, 4.69) is 121 Å². The lowest BCUT2D eigenvalue weighted by atomic mass is 9.83. The van der Waals surface area contributed by atoms with Crippen LogP contribution >= 0.6 is 23.1 Å². The van der Waals surface area contributed by atoms with Crippen LogP contribution in [0.3, 0.4) is 0 Å². The Morgan fingerprint density at radius 2 is 1.09 bits per heavy atom. The van der Waals surface area contributed by atoms with Crippen LogP contribution in [0.5, 0.6) is 0 Å². The molecule has 7 rings (SSSR count). The average Bonchev–Trinajstić information content (AvgIpc) is 2.90. The van der Waals surface area contributed by atoms with Gasteiger partial charge in [-0.3, -0.25) is 0 Å². The molecule has 6 aromatic rings. The van der Waals surface area contributed by atoms with Crippen molar-refractivity contribution >= 4 is 43.3 Å². The van der Waals surface area contributed by atoms with E-state index < -0.39 is 0 Å². The first-order chi connectivity index (χ1) is 16.9. The van der Waals surface area contributed by atoms with E-state index in [1.165, 1.54) is 57.8 Å². The predicted octanol–water partition coefficient (Wildman–Crippen LogP) is 9.65. The average molecular weight is 470 g/mol. The van der Waals surface area contributed by atoms with Crippen LogP contribution in [-0.2, 0) is 0 Å². The second kappa shape index (κ2) is 8.09.